The van der Waals surface area contributed by atoms with E-state index in [1.54, 1.807) is 12.3 Å². The van der Waals surface area contributed by atoms with Crippen molar-refractivity contribution < 1.29 is 4.79 Å². The number of piperidine rings is 1. The van der Waals surface area contributed by atoms with E-state index in [0.717, 1.165) is 36.4 Å². The molecule has 0 aliphatic carbocycles. The highest BCUT2D eigenvalue weighted by atomic mass is 32.1. The molecule has 0 radical (unpaired) electrons. The Kier molecular flexibility index (Phi) is 4.42. The van der Waals surface area contributed by atoms with Crippen molar-refractivity contribution in [3.05, 3.63) is 34.9 Å². The summed E-state index contributed by atoms with van der Waals surface area (Å²) in [5.74, 6) is 0.712. The van der Waals surface area contributed by atoms with E-state index in [4.69, 9.17) is 0 Å². The maximum Gasteiger partial charge on any atom is 0.267 e. The summed E-state index contributed by atoms with van der Waals surface area (Å²) in [6.07, 6.45) is 4.95. The molecule has 1 saturated heterocycles. The van der Waals surface area contributed by atoms with E-state index in [-0.39, 0.29) is 24.1 Å². The summed E-state index contributed by atoms with van der Waals surface area (Å²) in [6, 6.07) is 3.07. The zero-order chi connectivity index (χ0) is 15.4. The number of aromatic nitrogens is 4. The van der Waals surface area contributed by atoms with Crippen LogP contribution in [0.1, 0.15) is 12.8 Å². The topological polar surface area (TPSA) is 93.0 Å². The molecule has 1 amide bonds. The molecule has 9 heteroatoms. The van der Waals surface area contributed by atoms with Crippen LogP contribution >= 0.6 is 11.7 Å². The van der Waals surface area contributed by atoms with Gasteiger partial charge in [0.05, 0.1) is 17.9 Å². The molecule has 1 aliphatic heterocycles. The van der Waals surface area contributed by atoms with E-state index in [1.807, 2.05) is 0 Å². The molecule has 3 rings (SSSR count). The van der Waals surface area contributed by atoms with Crippen LogP contribution in [0.15, 0.2) is 29.3 Å². The highest BCUT2D eigenvalue weighted by Gasteiger charge is 2.22. The summed E-state index contributed by atoms with van der Waals surface area (Å²) < 4.78 is 9.37. The largest absolute Gasteiger partial charge is 0.354 e. The molecule has 2 aromatic rings. The molecule has 22 heavy (non-hydrogen) atoms. The molecular weight excluding hydrogens is 304 g/mol. The number of nitrogens with one attached hydrogen (secondary N) is 1. The number of carbonyl (C=O) groups is 1. The van der Waals surface area contributed by atoms with Gasteiger partial charge in [0.2, 0.25) is 5.91 Å². The molecule has 116 valence electrons. The van der Waals surface area contributed by atoms with E-state index in [1.165, 1.54) is 24.0 Å². The van der Waals surface area contributed by atoms with E-state index in [2.05, 4.69) is 24.1 Å². The van der Waals surface area contributed by atoms with Crippen molar-refractivity contribution in [3.63, 3.8) is 0 Å². The maximum absolute atomic E-state index is 12.0. The number of carbonyl (C=O) groups excluding carboxylic acids is 1. The lowest BCUT2D eigenvalue weighted by Crippen LogP contribution is -2.46. The summed E-state index contributed by atoms with van der Waals surface area (Å²) in [5, 5.41) is 6.84. The van der Waals surface area contributed by atoms with Gasteiger partial charge in [0, 0.05) is 31.4 Å². The summed E-state index contributed by atoms with van der Waals surface area (Å²) >= 11 is 1.20. The fourth-order valence-electron chi connectivity index (χ4n) is 2.47. The lowest BCUT2D eigenvalue weighted by Gasteiger charge is -2.32. The van der Waals surface area contributed by atoms with Crippen LogP contribution in [0.25, 0.3) is 0 Å². The second-order valence-electron chi connectivity index (χ2n) is 5.11. The van der Waals surface area contributed by atoms with Crippen LogP contribution in [0.5, 0.6) is 0 Å². The van der Waals surface area contributed by atoms with E-state index < -0.39 is 0 Å². The summed E-state index contributed by atoms with van der Waals surface area (Å²) in [4.78, 5) is 25.7. The summed E-state index contributed by atoms with van der Waals surface area (Å²) in [6.45, 7) is 1.62. The third kappa shape index (κ3) is 3.48. The van der Waals surface area contributed by atoms with Crippen LogP contribution in [-0.4, -0.2) is 43.6 Å². The van der Waals surface area contributed by atoms with Gasteiger partial charge >= 0.3 is 0 Å². The first kappa shape index (κ1) is 14.6. The predicted molar refractivity (Wildman–Crippen MR) is 81.8 cm³/mol. The monoisotopic (exact) mass is 320 g/mol. The zero-order valence-corrected chi connectivity index (χ0v) is 12.7. The van der Waals surface area contributed by atoms with E-state index in [9.17, 15) is 9.59 Å². The molecule has 0 saturated carbocycles. The summed E-state index contributed by atoms with van der Waals surface area (Å²) in [5.41, 5.74) is -0.275. The van der Waals surface area contributed by atoms with Gasteiger partial charge in [0.15, 0.2) is 5.82 Å². The minimum absolute atomic E-state index is 0.0457. The van der Waals surface area contributed by atoms with E-state index in [0.29, 0.717) is 0 Å². The van der Waals surface area contributed by atoms with Gasteiger partial charge in [0.1, 0.15) is 6.54 Å². The van der Waals surface area contributed by atoms with Crippen molar-refractivity contribution >= 4 is 23.5 Å². The second-order valence-corrected chi connectivity index (χ2v) is 5.67. The Morgan fingerprint density at radius 3 is 2.91 bits per heavy atom. The van der Waals surface area contributed by atoms with Crippen LogP contribution in [0.3, 0.4) is 0 Å². The molecule has 8 nitrogen and oxygen atoms in total. The third-order valence-electron chi connectivity index (χ3n) is 3.61. The normalized spacial score (nSPS) is 15.7. The first-order valence-corrected chi connectivity index (χ1v) is 7.79. The Morgan fingerprint density at radius 1 is 1.41 bits per heavy atom. The minimum atomic E-state index is -0.275. The SMILES string of the molecule is O=C(Cn1ncccc1=O)NC1CCN(c2cnsn2)CC1. The Hall–Kier alpha value is -2.29. The van der Waals surface area contributed by atoms with Crippen molar-refractivity contribution in [2.75, 3.05) is 18.0 Å². The number of anilines is 1. The van der Waals surface area contributed by atoms with Crippen molar-refractivity contribution in [3.8, 4) is 0 Å². The third-order valence-corrected chi connectivity index (χ3v) is 4.08. The highest BCUT2D eigenvalue weighted by Crippen LogP contribution is 2.17. The van der Waals surface area contributed by atoms with Gasteiger partial charge in [0.25, 0.3) is 5.56 Å². The van der Waals surface area contributed by atoms with Gasteiger partial charge in [-0.15, -0.1) is 0 Å². The quantitative estimate of drug-likeness (QED) is 0.844. The lowest BCUT2D eigenvalue weighted by atomic mass is 10.1. The van der Waals surface area contributed by atoms with E-state index >= 15 is 0 Å². The average molecular weight is 320 g/mol. The van der Waals surface area contributed by atoms with Gasteiger partial charge in [-0.2, -0.15) is 13.8 Å². The predicted octanol–water partition coefficient (Wildman–Crippen LogP) is -0.120. The van der Waals surface area contributed by atoms with Gasteiger partial charge in [-0.05, 0) is 18.9 Å². The Morgan fingerprint density at radius 2 is 2.23 bits per heavy atom. The first-order valence-electron chi connectivity index (χ1n) is 7.06. The second kappa shape index (κ2) is 6.65. The van der Waals surface area contributed by atoms with Gasteiger partial charge in [-0.3, -0.25) is 9.59 Å². The van der Waals surface area contributed by atoms with Crippen LogP contribution in [0.2, 0.25) is 0 Å². The molecule has 2 aromatic heterocycles. The lowest BCUT2D eigenvalue weighted by molar-refractivity contribution is -0.122. The number of rotatable bonds is 4. The molecule has 3 heterocycles. The number of hydrogen-bond acceptors (Lipinski definition) is 7. The summed E-state index contributed by atoms with van der Waals surface area (Å²) in [7, 11) is 0. The van der Waals surface area contributed by atoms with Crippen LogP contribution < -0.4 is 15.8 Å². The van der Waals surface area contributed by atoms with Crippen molar-refractivity contribution in [1.82, 2.24) is 23.8 Å². The Labute approximate surface area is 131 Å². The first-order chi connectivity index (χ1) is 10.7. The number of hydrogen-bond donors (Lipinski definition) is 1. The fraction of sp³-hybridized carbons (Fsp3) is 0.462. The van der Waals surface area contributed by atoms with Gasteiger partial charge < -0.3 is 10.2 Å². The number of nitrogens with zero attached hydrogens (tertiary/aromatic N) is 5. The minimum Gasteiger partial charge on any atom is -0.354 e. The molecule has 0 atom stereocenters. The highest BCUT2D eigenvalue weighted by molar-refractivity contribution is 6.99. The van der Waals surface area contributed by atoms with Crippen LogP contribution in [0.4, 0.5) is 5.82 Å². The Balaban J connectivity index is 1.49. The van der Waals surface area contributed by atoms with Crippen LogP contribution in [-0.2, 0) is 11.3 Å². The average Bonchev–Trinajstić information content (AvgIpc) is 3.05. The molecular formula is C13H16N6O2S. The van der Waals surface area contributed by atoms with Crippen molar-refractivity contribution in [2.24, 2.45) is 0 Å². The Bertz CT molecular complexity index is 678. The standard InChI is InChI=1S/C13H16N6O2S/c20-12(9-19-13(21)2-1-5-14-19)16-10-3-6-18(7-4-10)11-8-15-22-17-11/h1-2,5,8,10H,3-4,6-7,9H2,(H,16,20). The molecule has 0 unspecified atom stereocenters. The van der Waals surface area contributed by atoms with Gasteiger partial charge in [-0.25, -0.2) is 4.68 Å². The molecule has 0 aromatic carbocycles. The molecule has 1 fully saturated rings. The van der Waals surface area contributed by atoms with Gasteiger partial charge in [-0.1, -0.05) is 0 Å². The molecule has 1 N–H and O–H groups in total. The van der Waals surface area contributed by atoms with Crippen LogP contribution in [0, 0.1) is 0 Å². The van der Waals surface area contributed by atoms with Crippen molar-refractivity contribution in [2.45, 2.75) is 25.4 Å². The molecule has 1 aliphatic rings. The molecule has 0 spiro atoms. The molecule has 0 bridgehead atoms. The fourth-order valence-corrected chi connectivity index (χ4v) is 2.90. The maximum atomic E-state index is 12.0. The zero-order valence-electron chi connectivity index (χ0n) is 11.9. The van der Waals surface area contributed by atoms with Crippen molar-refractivity contribution in [1.29, 1.82) is 0 Å². The number of amides is 1. The smallest absolute Gasteiger partial charge is 0.267 e.